The van der Waals surface area contributed by atoms with E-state index in [0.717, 1.165) is 32.5 Å². The molecule has 1 unspecified atom stereocenters. The van der Waals surface area contributed by atoms with Crippen LogP contribution >= 0.6 is 0 Å². The lowest BCUT2D eigenvalue weighted by atomic mass is 9.97. The molecule has 1 fully saturated rings. The van der Waals surface area contributed by atoms with Gasteiger partial charge in [-0.25, -0.2) is 0 Å². The number of nitrogens with zero attached hydrogens (tertiary/aromatic N) is 1. The van der Waals surface area contributed by atoms with E-state index in [1.165, 1.54) is 11.1 Å². The van der Waals surface area contributed by atoms with E-state index in [2.05, 4.69) is 36.1 Å². The van der Waals surface area contributed by atoms with Crippen LogP contribution in [0.25, 0.3) is 0 Å². The second kappa shape index (κ2) is 6.89. The Kier molecular flexibility index (Phi) is 5.18. The first-order valence-electron chi connectivity index (χ1n) is 7.53. The highest BCUT2D eigenvalue weighted by Crippen LogP contribution is 2.20. The summed E-state index contributed by atoms with van der Waals surface area (Å²) >= 11 is 0. The van der Waals surface area contributed by atoms with E-state index >= 15 is 0 Å². The molecule has 0 spiro atoms. The number of carbonyl (C=O) groups excluding carboxylic acids is 1. The van der Waals surface area contributed by atoms with Crippen molar-refractivity contribution in [1.29, 1.82) is 0 Å². The van der Waals surface area contributed by atoms with Gasteiger partial charge in [-0.05, 0) is 45.7 Å². The zero-order valence-electron chi connectivity index (χ0n) is 12.8. The Hall–Kier alpha value is -1.35. The molecule has 0 bridgehead atoms. The lowest BCUT2D eigenvalue weighted by molar-refractivity contribution is -0.154. The molecule has 0 saturated carbocycles. The fourth-order valence-electron chi connectivity index (χ4n) is 2.79. The quantitative estimate of drug-likeness (QED) is 0.791. The number of hydrogen-bond acceptors (Lipinski definition) is 3. The Morgan fingerprint density at radius 2 is 2.25 bits per heavy atom. The number of likely N-dealkylation sites (tertiary alicyclic amines) is 1. The third-order valence-electron chi connectivity index (χ3n) is 3.68. The molecule has 3 heteroatoms. The summed E-state index contributed by atoms with van der Waals surface area (Å²) in [5, 5.41) is 0. The van der Waals surface area contributed by atoms with Gasteiger partial charge >= 0.3 is 5.97 Å². The van der Waals surface area contributed by atoms with Crippen LogP contribution in [0.3, 0.4) is 0 Å². The lowest BCUT2D eigenvalue weighted by Gasteiger charge is -2.32. The van der Waals surface area contributed by atoms with Crippen LogP contribution in [-0.4, -0.2) is 30.1 Å². The van der Waals surface area contributed by atoms with E-state index in [-0.39, 0.29) is 18.0 Å². The fourth-order valence-corrected chi connectivity index (χ4v) is 2.79. The maximum absolute atomic E-state index is 12.0. The van der Waals surface area contributed by atoms with Crippen molar-refractivity contribution in [3.8, 4) is 0 Å². The first kappa shape index (κ1) is 15.0. The summed E-state index contributed by atoms with van der Waals surface area (Å²) in [5.41, 5.74) is 2.61. The van der Waals surface area contributed by atoms with Crippen molar-refractivity contribution < 1.29 is 9.53 Å². The van der Waals surface area contributed by atoms with E-state index in [4.69, 9.17) is 4.74 Å². The van der Waals surface area contributed by atoms with Crippen molar-refractivity contribution in [1.82, 2.24) is 4.90 Å². The molecule has 0 amide bonds. The van der Waals surface area contributed by atoms with Crippen molar-refractivity contribution in [2.24, 2.45) is 5.92 Å². The van der Waals surface area contributed by atoms with Crippen LogP contribution in [0.15, 0.2) is 24.3 Å². The van der Waals surface area contributed by atoms with Crippen LogP contribution in [0.1, 0.15) is 37.8 Å². The average molecular weight is 275 g/mol. The van der Waals surface area contributed by atoms with Gasteiger partial charge in [-0.15, -0.1) is 0 Å². The highest BCUT2D eigenvalue weighted by Gasteiger charge is 2.27. The number of rotatable bonds is 4. The van der Waals surface area contributed by atoms with E-state index in [0.29, 0.717) is 0 Å². The van der Waals surface area contributed by atoms with Gasteiger partial charge in [0.1, 0.15) is 0 Å². The van der Waals surface area contributed by atoms with Gasteiger partial charge < -0.3 is 4.74 Å². The summed E-state index contributed by atoms with van der Waals surface area (Å²) in [6, 6.07) is 8.58. The van der Waals surface area contributed by atoms with E-state index in [9.17, 15) is 4.79 Å². The Morgan fingerprint density at radius 3 is 2.95 bits per heavy atom. The molecule has 1 aromatic carbocycles. The standard InChI is InChI=1S/C17H25NO2/c1-13(2)20-17(19)16-8-5-9-18(12-16)11-15-7-4-6-14(3)10-15/h4,6-7,10,13,16H,5,8-9,11-12H2,1-3H3. The van der Waals surface area contributed by atoms with Crippen molar-refractivity contribution in [3.63, 3.8) is 0 Å². The maximum atomic E-state index is 12.0. The van der Waals surface area contributed by atoms with Crippen LogP contribution in [0.4, 0.5) is 0 Å². The zero-order chi connectivity index (χ0) is 14.5. The minimum atomic E-state index is -0.0334. The largest absolute Gasteiger partial charge is 0.463 e. The minimum absolute atomic E-state index is 0.0188. The maximum Gasteiger partial charge on any atom is 0.310 e. The summed E-state index contributed by atoms with van der Waals surface area (Å²) in [6.07, 6.45) is 2.01. The Balaban J connectivity index is 1.92. The minimum Gasteiger partial charge on any atom is -0.463 e. The van der Waals surface area contributed by atoms with Crippen molar-refractivity contribution >= 4 is 5.97 Å². The van der Waals surface area contributed by atoms with Crippen LogP contribution in [0, 0.1) is 12.8 Å². The Bertz CT molecular complexity index is 456. The number of ether oxygens (including phenoxy) is 1. The molecule has 1 aliphatic rings. The molecule has 20 heavy (non-hydrogen) atoms. The van der Waals surface area contributed by atoms with Gasteiger partial charge in [-0.3, -0.25) is 9.69 Å². The molecule has 1 aliphatic heterocycles. The number of hydrogen-bond donors (Lipinski definition) is 0. The van der Waals surface area contributed by atoms with E-state index in [1.54, 1.807) is 0 Å². The number of aryl methyl sites for hydroxylation is 1. The second-order valence-corrected chi connectivity index (χ2v) is 6.05. The van der Waals surface area contributed by atoms with Crippen LogP contribution < -0.4 is 0 Å². The first-order valence-corrected chi connectivity index (χ1v) is 7.53. The summed E-state index contributed by atoms with van der Waals surface area (Å²) in [7, 11) is 0. The summed E-state index contributed by atoms with van der Waals surface area (Å²) in [4.78, 5) is 14.4. The predicted octanol–water partition coefficient (Wildman–Crippen LogP) is 3.16. The molecular formula is C17H25NO2. The topological polar surface area (TPSA) is 29.5 Å². The molecule has 0 aliphatic carbocycles. The molecule has 1 aromatic rings. The third-order valence-corrected chi connectivity index (χ3v) is 3.68. The molecule has 2 rings (SSSR count). The molecule has 0 radical (unpaired) electrons. The highest BCUT2D eigenvalue weighted by molar-refractivity contribution is 5.73. The predicted molar refractivity (Wildman–Crippen MR) is 80.4 cm³/mol. The molecule has 1 heterocycles. The van der Waals surface area contributed by atoms with Gasteiger partial charge in [-0.2, -0.15) is 0 Å². The average Bonchev–Trinajstić information content (AvgIpc) is 2.38. The Morgan fingerprint density at radius 1 is 1.45 bits per heavy atom. The SMILES string of the molecule is Cc1cccc(CN2CCCC(C(=O)OC(C)C)C2)c1. The number of carbonyl (C=O) groups is 1. The smallest absolute Gasteiger partial charge is 0.310 e. The van der Waals surface area contributed by atoms with Crippen LogP contribution in [0.5, 0.6) is 0 Å². The van der Waals surface area contributed by atoms with Gasteiger partial charge in [0, 0.05) is 13.1 Å². The number of piperidine rings is 1. The van der Waals surface area contributed by atoms with E-state index < -0.39 is 0 Å². The fraction of sp³-hybridized carbons (Fsp3) is 0.588. The van der Waals surface area contributed by atoms with Crippen molar-refractivity contribution in [2.45, 2.75) is 46.3 Å². The third kappa shape index (κ3) is 4.34. The molecular weight excluding hydrogens is 250 g/mol. The van der Waals surface area contributed by atoms with Gasteiger partial charge in [0.25, 0.3) is 0 Å². The molecule has 110 valence electrons. The number of esters is 1. The van der Waals surface area contributed by atoms with Crippen molar-refractivity contribution in [2.75, 3.05) is 13.1 Å². The monoisotopic (exact) mass is 275 g/mol. The van der Waals surface area contributed by atoms with Crippen LogP contribution in [0.2, 0.25) is 0 Å². The molecule has 1 atom stereocenters. The van der Waals surface area contributed by atoms with Crippen LogP contribution in [-0.2, 0) is 16.1 Å². The summed E-state index contributed by atoms with van der Waals surface area (Å²) in [6.45, 7) is 8.74. The zero-order valence-corrected chi connectivity index (χ0v) is 12.8. The number of benzene rings is 1. The lowest BCUT2D eigenvalue weighted by Crippen LogP contribution is -2.39. The molecule has 3 nitrogen and oxygen atoms in total. The second-order valence-electron chi connectivity index (χ2n) is 6.05. The van der Waals surface area contributed by atoms with Gasteiger partial charge in [0.05, 0.1) is 12.0 Å². The van der Waals surface area contributed by atoms with E-state index in [1.807, 2.05) is 13.8 Å². The summed E-state index contributed by atoms with van der Waals surface area (Å²) < 4.78 is 5.34. The molecule has 1 saturated heterocycles. The highest BCUT2D eigenvalue weighted by atomic mass is 16.5. The van der Waals surface area contributed by atoms with Crippen molar-refractivity contribution in [3.05, 3.63) is 35.4 Å². The summed E-state index contributed by atoms with van der Waals surface area (Å²) in [5.74, 6) is 0.00454. The molecule has 0 N–H and O–H groups in total. The Labute approximate surface area is 121 Å². The normalized spacial score (nSPS) is 20.1. The van der Waals surface area contributed by atoms with Gasteiger partial charge in [-0.1, -0.05) is 29.8 Å². The van der Waals surface area contributed by atoms with Gasteiger partial charge in [0.15, 0.2) is 0 Å². The van der Waals surface area contributed by atoms with Gasteiger partial charge in [0.2, 0.25) is 0 Å². The molecule has 0 aromatic heterocycles. The first-order chi connectivity index (χ1) is 9.54.